The molecule has 94 valence electrons. The van der Waals surface area contributed by atoms with Crippen molar-refractivity contribution in [3.8, 4) is 0 Å². The number of benzene rings is 1. The molecule has 1 unspecified atom stereocenters. The minimum atomic E-state index is 0.00528. The molecule has 0 fully saturated rings. The largest absolute Gasteiger partial charge is 0.288 e. The summed E-state index contributed by atoms with van der Waals surface area (Å²) in [4.78, 5) is 12.8. The van der Waals surface area contributed by atoms with E-state index in [1.165, 1.54) is 16.9 Å². The molecule has 0 aliphatic heterocycles. The van der Waals surface area contributed by atoms with E-state index in [1.54, 1.807) is 6.07 Å². The fourth-order valence-corrected chi connectivity index (χ4v) is 2.89. The van der Waals surface area contributed by atoms with Gasteiger partial charge in [0.05, 0.1) is 9.90 Å². The smallest absolute Gasteiger partial charge is 0.204 e. The van der Waals surface area contributed by atoms with Crippen molar-refractivity contribution < 1.29 is 4.79 Å². The van der Waals surface area contributed by atoms with Crippen molar-refractivity contribution in [3.05, 3.63) is 56.7 Å². The molecule has 0 bridgehead atoms. The van der Waals surface area contributed by atoms with Crippen LogP contribution < -0.4 is 0 Å². The van der Waals surface area contributed by atoms with E-state index in [0.717, 1.165) is 6.42 Å². The molecule has 0 aliphatic rings. The van der Waals surface area contributed by atoms with Crippen LogP contribution in [0.4, 0.5) is 0 Å². The molecule has 1 nitrogen and oxygen atoms in total. The lowest BCUT2D eigenvalue weighted by atomic mass is 9.97. The van der Waals surface area contributed by atoms with Gasteiger partial charge in [-0.2, -0.15) is 0 Å². The van der Waals surface area contributed by atoms with Crippen LogP contribution in [0.25, 0.3) is 0 Å². The fraction of sp³-hybridized carbons (Fsp3) is 0.267. The van der Waals surface area contributed by atoms with Crippen molar-refractivity contribution in [3.63, 3.8) is 0 Å². The summed E-state index contributed by atoms with van der Waals surface area (Å²) in [5.74, 6) is 0.533. The lowest BCUT2D eigenvalue weighted by Gasteiger charge is -2.09. The van der Waals surface area contributed by atoms with Gasteiger partial charge in [0.2, 0.25) is 5.78 Å². The fourth-order valence-electron chi connectivity index (χ4n) is 1.79. The van der Waals surface area contributed by atoms with Crippen molar-refractivity contribution in [2.24, 2.45) is 0 Å². The quantitative estimate of drug-likeness (QED) is 0.707. The predicted octanol–water partition coefficient (Wildman–Crippen LogP) is 5.15. The maximum absolute atomic E-state index is 12.2. The second kappa shape index (κ2) is 5.68. The van der Waals surface area contributed by atoms with Gasteiger partial charge in [-0.05, 0) is 29.3 Å². The molecule has 0 spiro atoms. The van der Waals surface area contributed by atoms with Crippen molar-refractivity contribution >= 4 is 28.7 Å². The molecule has 3 heteroatoms. The minimum Gasteiger partial charge on any atom is -0.288 e. The normalized spacial score (nSPS) is 12.4. The predicted molar refractivity (Wildman–Crippen MR) is 77.9 cm³/mol. The van der Waals surface area contributed by atoms with Gasteiger partial charge in [0.25, 0.3) is 0 Å². The van der Waals surface area contributed by atoms with Crippen molar-refractivity contribution in [1.82, 2.24) is 0 Å². The van der Waals surface area contributed by atoms with Gasteiger partial charge in [0.15, 0.2) is 0 Å². The van der Waals surface area contributed by atoms with Gasteiger partial charge in [0, 0.05) is 5.56 Å². The molecule has 1 heterocycles. The molecule has 0 saturated heterocycles. The Hall–Kier alpha value is -1.12. The zero-order valence-corrected chi connectivity index (χ0v) is 12.0. The van der Waals surface area contributed by atoms with E-state index in [-0.39, 0.29) is 5.78 Å². The van der Waals surface area contributed by atoms with Crippen LogP contribution in [0.1, 0.15) is 47.0 Å². The number of thiophene rings is 1. The van der Waals surface area contributed by atoms with Gasteiger partial charge in [-0.15, -0.1) is 11.3 Å². The van der Waals surface area contributed by atoms with Crippen molar-refractivity contribution in [1.29, 1.82) is 0 Å². The first-order chi connectivity index (χ1) is 8.63. The van der Waals surface area contributed by atoms with Crippen LogP contribution in [0.2, 0.25) is 5.02 Å². The number of carbonyl (C=O) groups excluding carboxylic acids is 1. The molecule has 2 aromatic rings. The summed E-state index contributed by atoms with van der Waals surface area (Å²) < 4.78 is 0. The van der Waals surface area contributed by atoms with Crippen LogP contribution in [0.3, 0.4) is 0 Å². The van der Waals surface area contributed by atoms with E-state index in [1.807, 2.05) is 29.6 Å². The third-order valence-corrected chi connectivity index (χ3v) is 4.52. The van der Waals surface area contributed by atoms with Gasteiger partial charge in [-0.3, -0.25) is 4.79 Å². The lowest BCUT2D eigenvalue weighted by molar-refractivity contribution is 0.104. The van der Waals surface area contributed by atoms with E-state index < -0.39 is 0 Å². The first kappa shape index (κ1) is 13.3. The highest BCUT2D eigenvalue weighted by molar-refractivity contribution is 7.13. The number of hydrogen-bond donors (Lipinski definition) is 0. The average molecular weight is 279 g/mol. The molecule has 1 aromatic heterocycles. The Bertz CT molecular complexity index is 542. The molecule has 18 heavy (non-hydrogen) atoms. The Kier molecular flexibility index (Phi) is 4.20. The molecular formula is C15H15ClOS. The molecule has 0 radical (unpaired) electrons. The number of ketones is 1. The summed E-state index contributed by atoms with van der Waals surface area (Å²) in [6, 6.07) is 9.60. The second-order valence-corrected chi connectivity index (χ2v) is 5.68. The second-order valence-electron chi connectivity index (χ2n) is 4.36. The molecule has 1 aromatic carbocycles. The number of rotatable bonds is 4. The Labute approximate surface area is 116 Å². The summed E-state index contributed by atoms with van der Waals surface area (Å²) in [5.41, 5.74) is 1.97. The highest BCUT2D eigenvalue weighted by Gasteiger charge is 2.14. The lowest BCUT2D eigenvalue weighted by Crippen LogP contribution is -2.00. The summed E-state index contributed by atoms with van der Waals surface area (Å²) in [6.07, 6.45) is 1.10. The Morgan fingerprint density at radius 3 is 2.44 bits per heavy atom. The van der Waals surface area contributed by atoms with Crippen LogP contribution in [-0.4, -0.2) is 5.78 Å². The molecule has 0 aliphatic carbocycles. The SMILES string of the molecule is CCC(C)c1ccc(C(=O)c2sccc2Cl)cc1. The minimum absolute atomic E-state index is 0.00528. The Morgan fingerprint density at radius 2 is 1.94 bits per heavy atom. The van der Waals surface area contributed by atoms with E-state index in [4.69, 9.17) is 11.6 Å². The monoisotopic (exact) mass is 278 g/mol. The first-order valence-electron chi connectivity index (χ1n) is 6.01. The van der Waals surface area contributed by atoms with Crippen LogP contribution in [0.5, 0.6) is 0 Å². The van der Waals surface area contributed by atoms with Gasteiger partial charge in [0.1, 0.15) is 0 Å². The Balaban J connectivity index is 2.25. The highest BCUT2D eigenvalue weighted by atomic mass is 35.5. The van der Waals surface area contributed by atoms with Gasteiger partial charge in [-0.25, -0.2) is 0 Å². The van der Waals surface area contributed by atoms with Gasteiger partial charge >= 0.3 is 0 Å². The van der Waals surface area contributed by atoms with Crippen LogP contribution in [0, 0.1) is 0 Å². The highest BCUT2D eigenvalue weighted by Crippen LogP contribution is 2.26. The van der Waals surface area contributed by atoms with E-state index in [0.29, 0.717) is 21.4 Å². The van der Waals surface area contributed by atoms with Gasteiger partial charge < -0.3 is 0 Å². The summed E-state index contributed by atoms with van der Waals surface area (Å²) in [5, 5.41) is 2.37. The third kappa shape index (κ3) is 2.65. The maximum Gasteiger partial charge on any atom is 0.204 e. The van der Waals surface area contributed by atoms with Crippen molar-refractivity contribution in [2.75, 3.05) is 0 Å². The third-order valence-electron chi connectivity index (χ3n) is 3.18. The Morgan fingerprint density at radius 1 is 1.28 bits per heavy atom. The van der Waals surface area contributed by atoms with Crippen molar-refractivity contribution in [2.45, 2.75) is 26.2 Å². The summed E-state index contributed by atoms with van der Waals surface area (Å²) >= 11 is 7.36. The van der Waals surface area contributed by atoms with Crippen LogP contribution >= 0.6 is 22.9 Å². The van der Waals surface area contributed by atoms with Crippen LogP contribution in [0.15, 0.2) is 35.7 Å². The molecule has 2 rings (SSSR count). The molecule has 0 amide bonds. The number of halogens is 1. The molecular weight excluding hydrogens is 264 g/mol. The molecule has 0 N–H and O–H groups in total. The summed E-state index contributed by atoms with van der Waals surface area (Å²) in [6.45, 7) is 4.35. The zero-order valence-electron chi connectivity index (χ0n) is 10.4. The average Bonchev–Trinajstić information content (AvgIpc) is 2.83. The molecule has 0 saturated carbocycles. The maximum atomic E-state index is 12.2. The standard InChI is InChI=1S/C15H15ClOS/c1-3-10(2)11-4-6-12(7-5-11)14(17)15-13(16)8-9-18-15/h4-10H,3H2,1-2H3. The molecule has 1 atom stereocenters. The van der Waals surface area contributed by atoms with Crippen LogP contribution in [-0.2, 0) is 0 Å². The van der Waals surface area contributed by atoms with Gasteiger partial charge in [-0.1, -0.05) is 49.7 Å². The summed E-state index contributed by atoms with van der Waals surface area (Å²) in [7, 11) is 0. The number of hydrogen-bond acceptors (Lipinski definition) is 2. The van der Waals surface area contributed by atoms with E-state index in [9.17, 15) is 4.79 Å². The topological polar surface area (TPSA) is 17.1 Å². The van der Waals surface area contributed by atoms with E-state index in [2.05, 4.69) is 13.8 Å². The zero-order chi connectivity index (χ0) is 13.1. The van der Waals surface area contributed by atoms with E-state index >= 15 is 0 Å². The first-order valence-corrected chi connectivity index (χ1v) is 7.27. The number of carbonyl (C=O) groups is 1.